The molecule has 0 radical (unpaired) electrons. The van der Waals surface area contributed by atoms with Crippen molar-refractivity contribution >= 4 is 43.6 Å². The number of hydrogen-bond donors (Lipinski definition) is 2. The van der Waals surface area contributed by atoms with Crippen LogP contribution in [0.2, 0.25) is 0 Å². The van der Waals surface area contributed by atoms with E-state index in [9.17, 15) is 14.7 Å². The Morgan fingerprint density at radius 2 is 1.67 bits per heavy atom. The number of hydrogen-bond acceptors (Lipinski definition) is 3. The molecule has 1 rings (SSSR count). The fourth-order valence-corrected chi connectivity index (χ4v) is 2.26. The van der Waals surface area contributed by atoms with Crippen molar-refractivity contribution < 1.29 is 19.8 Å². The van der Waals surface area contributed by atoms with Crippen LogP contribution in [-0.4, -0.2) is 22.0 Å². The molecule has 0 atom stereocenters. The van der Waals surface area contributed by atoms with Crippen LogP contribution in [-0.2, 0) is 16.0 Å². The summed E-state index contributed by atoms with van der Waals surface area (Å²) in [7, 11) is 0. The van der Waals surface area contributed by atoms with Gasteiger partial charge in [-0.1, -0.05) is 0 Å². The number of benzene rings is 1. The van der Waals surface area contributed by atoms with Gasteiger partial charge in [-0.3, -0.25) is 4.79 Å². The topological polar surface area (TPSA) is 74.6 Å². The van der Waals surface area contributed by atoms with E-state index in [0.29, 0.717) is 14.5 Å². The van der Waals surface area contributed by atoms with Crippen LogP contribution in [0.4, 0.5) is 0 Å². The van der Waals surface area contributed by atoms with Crippen molar-refractivity contribution in [2.45, 2.75) is 6.42 Å². The maximum atomic E-state index is 10.9. The first-order valence-electron chi connectivity index (χ1n) is 3.85. The molecule has 1 aromatic carbocycles. The maximum absolute atomic E-state index is 10.9. The SMILES string of the molecule is O=C(O)C(=O)Cc1cc(Br)c(O)c(Br)c1. The smallest absolute Gasteiger partial charge is 0.372 e. The minimum atomic E-state index is -1.46. The number of rotatable bonds is 3. The van der Waals surface area contributed by atoms with Crippen LogP contribution in [0.15, 0.2) is 21.1 Å². The van der Waals surface area contributed by atoms with Crippen LogP contribution in [0.1, 0.15) is 5.56 Å². The van der Waals surface area contributed by atoms with Crippen LogP contribution in [0.25, 0.3) is 0 Å². The van der Waals surface area contributed by atoms with Crippen LogP contribution in [0, 0.1) is 0 Å². The van der Waals surface area contributed by atoms with Crippen molar-refractivity contribution in [1.82, 2.24) is 0 Å². The second-order valence-electron chi connectivity index (χ2n) is 2.81. The molecule has 0 aromatic heterocycles. The molecule has 0 saturated carbocycles. The van der Waals surface area contributed by atoms with E-state index >= 15 is 0 Å². The van der Waals surface area contributed by atoms with E-state index in [2.05, 4.69) is 31.9 Å². The number of carboxylic acids is 1. The van der Waals surface area contributed by atoms with E-state index in [4.69, 9.17) is 5.11 Å². The molecule has 0 aliphatic rings. The quantitative estimate of drug-likeness (QED) is 0.828. The first-order valence-corrected chi connectivity index (χ1v) is 5.43. The lowest BCUT2D eigenvalue weighted by Gasteiger charge is -2.04. The summed E-state index contributed by atoms with van der Waals surface area (Å²) in [5.74, 6) is -2.34. The molecule has 2 N–H and O–H groups in total. The van der Waals surface area contributed by atoms with Crippen LogP contribution < -0.4 is 0 Å². The zero-order chi connectivity index (χ0) is 11.6. The fourth-order valence-electron chi connectivity index (χ4n) is 0.981. The van der Waals surface area contributed by atoms with E-state index in [1.54, 1.807) is 0 Å². The van der Waals surface area contributed by atoms with Crippen LogP contribution >= 0.6 is 31.9 Å². The highest BCUT2D eigenvalue weighted by molar-refractivity contribution is 9.11. The molecule has 0 fully saturated rings. The van der Waals surface area contributed by atoms with E-state index in [0.717, 1.165) is 0 Å². The molecule has 6 heteroatoms. The molecule has 80 valence electrons. The Morgan fingerprint density at radius 3 is 2.07 bits per heavy atom. The van der Waals surface area contributed by atoms with Crippen molar-refractivity contribution in [3.63, 3.8) is 0 Å². The van der Waals surface area contributed by atoms with E-state index in [-0.39, 0.29) is 12.2 Å². The molecule has 4 nitrogen and oxygen atoms in total. The number of aromatic hydroxyl groups is 1. The minimum Gasteiger partial charge on any atom is -0.506 e. The van der Waals surface area contributed by atoms with Gasteiger partial charge in [0, 0.05) is 6.42 Å². The Bertz CT molecular complexity index is 405. The van der Waals surface area contributed by atoms with Crippen molar-refractivity contribution in [3.8, 4) is 5.75 Å². The number of carbonyl (C=O) groups excluding carboxylic acids is 1. The highest BCUT2D eigenvalue weighted by atomic mass is 79.9. The second kappa shape index (κ2) is 4.76. The molecule has 0 heterocycles. The monoisotopic (exact) mass is 336 g/mol. The summed E-state index contributed by atoms with van der Waals surface area (Å²) in [6.07, 6.45) is -0.202. The van der Waals surface area contributed by atoms with Gasteiger partial charge in [-0.25, -0.2) is 4.79 Å². The van der Waals surface area contributed by atoms with Gasteiger partial charge in [0.05, 0.1) is 8.95 Å². The van der Waals surface area contributed by atoms with Crippen molar-refractivity contribution in [1.29, 1.82) is 0 Å². The van der Waals surface area contributed by atoms with Gasteiger partial charge < -0.3 is 10.2 Å². The zero-order valence-electron chi connectivity index (χ0n) is 7.33. The van der Waals surface area contributed by atoms with Crippen molar-refractivity contribution in [2.24, 2.45) is 0 Å². The summed E-state index contributed by atoms with van der Waals surface area (Å²) in [4.78, 5) is 21.2. The highest BCUT2D eigenvalue weighted by Gasteiger charge is 2.14. The number of carboxylic acid groups (broad SMARTS) is 1. The Labute approximate surface area is 102 Å². The van der Waals surface area contributed by atoms with Crippen LogP contribution in [0.3, 0.4) is 0 Å². The molecule has 0 unspecified atom stereocenters. The van der Waals surface area contributed by atoms with Gasteiger partial charge in [0.15, 0.2) is 0 Å². The van der Waals surface area contributed by atoms with Crippen molar-refractivity contribution in [2.75, 3.05) is 0 Å². The Balaban J connectivity index is 2.98. The second-order valence-corrected chi connectivity index (χ2v) is 4.52. The lowest BCUT2D eigenvalue weighted by molar-refractivity contribution is -0.148. The fraction of sp³-hybridized carbons (Fsp3) is 0.111. The lowest BCUT2D eigenvalue weighted by Crippen LogP contribution is -2.14. The van der Waals surface area contributed by atoms with Crippen LogP contribution in [0.5, 0.6) is 5.75 Å². The van der Waals surface area contributed by atoms with Gasteiger partial charge in [0.1, 0.15) is 5.75 Å². The Kier molecular flexibility index (Phi) is 3.87. The summed E-state index contributed by atoms with van der Waals surface area (Å²) in [5.41, 5.74) is 0.513. The number of halogens is 2. The van der Waals surface area contributed by atoms with Gasteiger partial charge in [-0.2, -0.15) is 0 Å². The molecule has 1 aromatic rings. The predicted octanol–water partition coefficient (Wildman–Crippen LogP) is 2.11. The van der Waals surface area contributed by atoms with E-state index in [1.165, 1.54) is 12.1 Å². The standard InChI is InChI=1S/C9H6Br2O4/c10-5-1-4(2-6(11)8(5)13)3-7(12)9(14)15/h1-2,13H,3H2,(H,14,15). The maximum Gasteiger partial charge on any atom is 0.372 e. The molecule has 0 bridgehead atoms. The third kappa shape index (κ3) is 3.04. The predicted molar refractivity (Wildman–Crippen MR) is 59.9 cm³/mol. The summed E-state index contributed by atoms with van der Waals surface area (Å²) < 4.78 is 0.815. The zero-order valence-corrected chi connectivity index (χ0v) is 10.5. The van der Waals surface area contributed by atoms with E-state index in [1.807, 2.05) is 0 Å². The first-order chi connectivity index (χ1) is 6.91. The normalized spacial score (nSPS) is 10.0. The Hall–Kier alpha value is -0.880. The number of phenols is 1. The summed E-state index contributed by atoms with van der Waals surface area (Å²) in [6, 6.07) is 3.00. The molecule has 0 spiro atoms. The molecule has 0 aliphatic carbocycles. The Morgan fingerprint density at radius 1 is 1.20 bits per heavy atom. The third-order valence-electron chi connectivity index (χ3n) is 1.68. The van der Waals surface area contributed by atoms with Gasteiger partial charge in [-0.15, -0.1) is 0 Å². The number of Topliss-reactive ketones (excluding diaryl/α,β-unsaturated/α-hetero) is 1. The summed E-state index contributed by atoms with van der Waals surface area (Å²) in [5, 5.41) is 17.8. The van der Waals surface area contributed by atoms with Gasteiger partial charge in [-0.05, 0) is 49.6 Å². The molecule has 15 heavy (non-hydrogen) atoms. The average molecular weight is 338 g/mol. The van der Waals surface area contributed by atoms with Gasteiger partial charge >= 0.3 is 5.97 Å². The lowest BCUT2D eigenvalue weighted by atomic mass is 10.1. The summed E-state index contributed by atoms with van der Waals surface area (Å²) in [6.45, 7) is 0. The molecule has 0 aliphatic heterocycles. The number of aliphatic carboxylic acids is 1. The first kappa shape index (κ1) is 12.2. The molecular formula is C9H6Br2O4. The molecular weight excluding hydrogens is 332 g/mol. The van der Waals surface area contributed by atoms with E-state index < -0.39 is 11.8 Å². The van der Waals surface area contributed by atoms with Crippen molar-refractivity contribution in [3.05, 3.63) is 26.6 Å². The largest absolute Gasteiger partial charge is 0.506 e. The highest BCUT2D eigenvalue weighted by Crippen LogP contribution is 2.33. The number of ketones is 1. The summed E-state index contributed by atoms with van der Waals surface area (Å²) >= 11 is 6.17. The van der Waals surface area contributed by atoms with Gasteiger partial charge in [0.25, 0.3) is 0 Å². The minimum absolute atomic E-state index is 0.0153. The molecule has 0 amide bonds. The average Bonchev–Trinajstić information content (AvgIpc) is 2.13. The third-order valence-corrected chi connectivity index (χ3v) is 2.89. The molecule has 0 saturated heterocycles. The van der Waals surface area contributed by atoms with Gasteiger partial charge in [0.2, 0.25) is 5.78 Å². The number of phenolic OH excluding ortho intramolecular Hbond substituents is 1. The number of carbonyl (C=O) groups is 2.